The molecule has 1 saturated heterocycles. The van der Waals surface area contributed by atoms with Crippen molar-refractivity contribution in [2.75, 3.05) is 11.5 Å². The first-order chi connectivity index (χ1) is 15.3. The number of carbonyl (C=O) groups is 2. The molecule has 4 rings (SSSR count). The Labute approximate surface area is 184 Å². The lowest BCUT2D eigenvalue weighted by Gasteiger charge is -2.45. The molecule has 32 heavy (non-hydrogen) atoms. The highest BCUT2D eigenvalue weighted by atomic mass is 19.1. The van der Waals surface area contributed by atoms with Crippen molar-refractivity contribution in [1.29, 1.82) is 0 Å². The highest BCUT2D eigenvalue weighted by Gasteiger charge is 2.60. The third kappa shape index (κ3) is 3.78. The van der Waals surface area contributed by atoms with Gasteiger partial charge in [-0.3, -0.25) is 9.59 Å². The van der Waals surface area contributed by atoms with Crippen LogP contribution in [0.15, 0.2) is 23.4 Å². The minimum absolute atomic E-state index is 0.0906. The van der Waals surface area contributed by atoms with Crippen molar-refractivity contribution < 1.29 is 33.4 Å². The van der Waals surface area contributed by atoms with Crippen molar-refractivity contribution in [1.82, 2.24) is 0 Å². The van der Waals surface area contributed by atoms with Crippen LogP contribution in [0.1, 0.15) is 32.1 Å². The Bertz CT molecular complexity index is 991. The number of anilines is 1. The smallest absolute Gasteiger partial charge is 0.238 e. The summed E-state index contributed by atoms with van der Waals surface area (Å²) in [5.41, 5.74) is 0.211. The van der Waals surface area contributed by atoms with E-state index in [1.165, 1.54) is 0 Å². The molecule has 2 aliphatic carbocycles. The number of benzene rings is 1. The van der Waals surface area contributed by atoms with Gasteiger partial charge in [0.2, 0.25) is 11.8 Å². The van der Waals surface area contributed by atoms with E-state index in [0.717, 1.165) is 17.0 Å². The first kappa shape index (κ1) is 22.4. The molecule has 0 unspecified atom stereocenters. The minimum Gasteiger partial charge on any atom is -0.396 e. The van der Waals surface area contributed by atoms with E-state index in [1.54, 1.807) is 0 Å². The number of carbonyl (C=O) groups excluding carboxylic acids is 2. The Balaban J connectivity index is 1.62. The Morgan fingerprint density at radius 1 is 1.19 bits per heavy atom. The SMILES string of the molecule is C#CCCCO/N=C1\C[C@@H](O)[C@@H](O)[C@@H]2[C@@H]3C(=O)N(c4ccc(F)cc4F)C(=O)[C@@H]3CC[C@H]12. The van der Waals surface area contributed by atoms with Crippen molar-refractivity contribution in [3.05, 3.63) is 29.8 Å². The van der Waals surface area contributed by atoms with Crippen LogP contribution in [0.3, 0.4) is 0 Å². The topological polar surface area (TPSA) is 99.4 Å². The molecule has 1 heterocycles. The number of hydrogen-bond acceptors (Lipinski definition) is 6. The molecule has 1 aliphatic heterocycles. The van der Waals surface area contributed by atoms with Crippen LogP contribution in [0.25, 0.3) is 0 Å². The van der Waals surface area contributed by atoms with Crippen LogP contribution in [0.5, 0.6) is 0 Å². The number of nitrogens with zero attached hydrogens (tertiary/aromatic N) is 2. The van der Waals surface area contributed by atoms with E-state index in [4.69, 9.17) is 11.3 Å². The van der Waals surface area contributed by atoms with Gasteiger partial charge in [-0.1, -0.05) is 5.16 Å². The molecule has 170 valence electrons. The molecule has 0 spiro atoms. The fourth-order valence-electron chi connectivity index (χ4n) is 5.24. The van der Waals surface area contributed by atoms with Gasteiger partial charge in [-0.05, 0) is 31.4 Å². The van der Waals surface area contributed by atoms with Gasteiger partial charge in [0.1, 0.15) is 18.2 Å². The van der Waals surface area contributed by atoms with E-state index in [0.29, 0.717) is 44.1 Å². The lowest BCUT2D eigenvalue weighted by Crippen LogP contribution is -2.54. The van der Waals surface area contributed by atoms with Crippen LogP contribution in [0, 0.1) is 47.6 Å². The van der Waals surface area contributed by atoms with Gasteiger partial charge >= 0.3 is 0 Å². The molecular formula is C23H24F2N2O5. The number of amides is 2. The van der Waals surface area contributed by atoms with Gasteiger partial charge in [0.05, 0.1) is 35.4 Å². The normalized spacial score (nSPS) is 33.1. The third-order valence-electron chi connectivity index (χ3n) is 6.67. The number of halogens is 2. The maximum Gasteiger partial charge on any atom is 0.238 e. The highest BCUT2D eigenvalue weighted by molar-refractivity contribution is 6.22. The molecule has 6 atom stereocenters. The summed E-state index contributed by atoms with van der Waals surface area (Å²) >= 11 is 0. The number of imide groups is 1. The fraction of sp³-hybridized carbons (Fsp3) is 0.522. The zero-order valence-electron chi connectivity index (χ0n) is 17.3. The second-order valence-corrected chi connectivity index (χ2v) is 8.49. The number of fused-ring (bicyclic) bond motifs is 3. The molecule has 1 aromatic rings. The van der Waals surface area contributed by atoms with Gasteiger partial charge in [0.25, 0.3) is 0 Å². The van der Waals surface area contributed by atoms with Crippen molar-refractivity contribution in [2.24, 2.45) is 28.8 Å². The fourth-order valence-corrected chi connectivity index (χ4v) is 5.24. The van der Waals surface area contributed by atoms with E-state index in [-0.39, 0.29) is 18.0 Å². The minimum atomic E-state index is -1.25. The quantitative estimate of drug-likeness (QED) is 0.312. The summed E-state index contributed by atoms with van der Waals surface area (Å²) in [7, 11) is 0. The molecule has 3 aliphatic rings. The number of unbranched alkanes of at least 4 members (excludes halogenated alkanes) is 1. The molecule has 2 amide bonds. The van der Waals surface area contributed by atoms with Crippen molar-refractivity contribution >= 4 is 23.2 Å². The summed E-state index contributed by atoms with van der Waals surface area (Å²) in [6, 6.07) is 2.64. The lowest BCUT2D eigenvalue weighted by molar-refractivity contribution is -0.132. The van der Waals surface area contributed by atoms with E-state index < -0.39 is 53.4 Å². The van der Waals surface area contributed by atoms with Gasteiger partial charge in [-0.15, -0.1) is 12.3 Å². The summed E-state index contributed by atoms with van der Waals surface area (Å²) in [6.07, 6.45) is 4.83. The second-order valence-electron chi connectivity index (χ2n) is 8.49. The molecule has 1 aromatic carbocycles. The van der Waals surface area contributed by atoms with Gasteiger partial charge in [-0.25, -0.2) is 13.7 Å². The molecule has 2 saturated carbocycles. The predicted octanol–water partition coefficient (Wildman–Crippen LogP) is 2.01. The summed E-state index contributed by atoms with van der Waals surface area (Å²) in [5.74, 6) is -3.42. The first-order valence-electron chi connectivity index (χ1n) is 10.7. The molecule has 2 N–H and O–H groups in total. The summed E-state index contributed by atoms with van der Waals surface area (Å²) in [5, 5.41) is 25.3. The zero-order chi connectivity index (χ0) is 23.0. The number of hydrogen-bond donors (Lipinski definition) is 2. The highest BCUT2D eigenvalue weighted by Crippen LogP contribution is 2.50. The summed E-state index contributed by atoms with van der Waals surface area (Å²) in [6.45, 7) is 0.296. The average molecular weight is 446 g/mol. The number of aliphatic hydroxyl groups excluding tert-OH is 2. The Morgan fingerprint density at radius 2 is 1.94 bits per heavy atom. The number of aliphatic hydroxyl groups is 2. The average Bonchev–Trinajstić information content (AvgIpc) is 3.01. The van der Waals surface area contributed by atoms with Crippen molar-refractivity contribution in [2.45, 2.75) is 44.3 Å². The maximum atomic E-state index is 14.4. The second kappa shape index (κ2) is 8.96. The van der Waals surface area contributed by atoms with Crippen LogP contribution < -0.4 is 4.90 Å². The van der Waals surface area contributed by atoms with Gasteiger partial charge in [-0.2, -0.15) is 0 Å². The van der Waals surface area contributed by atoms with E-state index >= 15 is 0 Å². The molecule has 0 aromatic heterocycles. The third-order valence-corrected chi connectivity index (χ3v) is 6.67. The van der Waals surface area contributed by atoms with Gasteiger partial charge < -0.3 is 15.1 Å². The molecule has 9 heteroatoms. The number of rotatable bonds is 5. The Hall–Kier alpha value is -2.83. The maximum absolute atomic E-state index is 14.4. The van der Waals surface area contributed by atoms with Crippen LogP contribution in [-0.4, -0.2) is 46.6 Å². The Kier molecular flexibility index (Phi) is 6.26. The van der Waals surface area contributed by atoms with Crippen molar-refractivity contribution in [3.8, 4) is 12.3 Å². The van der Waals surface area contributed by atoms with E-state index in [9.17, 15) is 28.6 Å². The monoisotopic (exact) mass is 446 g/mol. The van der Waals surface area contributed by atoms with E-state index in [1.807, 2.05) is 0 Å². The Morgan fingerprint density at radius 3 is 2.66 bits per heavy atom. The van der Waals surface area contributed by atoms with Crippen LogP contribution in [0.2, 0.25) is 0 Å². The first-order valence-corrected chi connectivity index (χ1v) is 10.7. The van der Waals surface area contributed by atoms with Crippen LogP contribution in [-0.2, 0) is 14.4 Å². The van der Waals surface area contributed by atoms with Crippen LogP contribution >= 0.6 is 0 Å². The number of oxime groups is 1. The standard InChI is InChI=1S/C23H24F2N2O5/c1-2-3-4-9-32-26-16-11-18(28)21(29)19-13(16)6-7-14-20(19)23(31)27(22(14)30)17-8-5-12(24)10-15(17)25/h1,5,8,10,13-14,18-21,28-29H,3-4,6-7,9,11H2/b26-16+/t13-,14-,18-,19+,20-,21-/m1/s1. The van der Waals surface area contributed by atoms with E-state index in [2.05, 4.69) is 11.1 Å². The summed E-state index contributed by atoms with van der Waals surface area (Å²) < 4.78 is 27.7. The molecule has 7 nitrogen and oxygen atoms in total. The van der Waals surface area contributed by atoms with Gasteiger partial charge in [0.15, 0.2) is 0 Å². The number of terminal acetylenes is 1. The zero-order valence-corrected chi connectivity index (χ0v) is 17.3. The summed E-state index contributed by atoms with van der Waals surface area (Å²) in [4.78, 5) is 32.4. The van der Waals surface area contributed by atoms with Crippen LogP contribution in [0.4, 0.5) is 14.5 Å². The molecular weight excluding hydrogens is 422 g/mol. The van der Waals surface area contributed by atoms with Crippen molar-refractivity contribution in [3.63, 3.8) is 0 Å². The van der Waals surface area contributed by atoms with Gasteiger partial charge in [0, 0.05) is 30.7 Å². The lowest BCUT2D eigenvalue weighted by atomic mass is 9.60. The predicted molar refractivity (Wildman–Crippen MR) is 110 cm³/mol. The largest absolute Gasteiger partial charge is 0.396 e. The molecule has 3 fully saturated rings. The molecule has 0 bridgehead atoms. The molecule has 0 radical (unpaired) electrons.